The Kier molecular flexibility index (Phi) is 13.3. The molecule has 0 unspecified atom stereocenters. The van der Waals surface area contributed by atoms with Crippen LogP contribution in [-0.2, 0) is 17.6 Å². The van der Waals surface area contributed by atoms with E-state index in [1.807, 2.05) is 12.1 Å². The summed E-state index contributed by atoms with van der Waals surface area (Å²) in [5, 5.41) is 9.26. The second kappa shape index (κ2) is 19.5. The number of carboxylic acid groups (broad SMARTS) is 1. The van der Waals surface area contributed by atoms with Crippen molar-refractivity contribution >= 4 is 52.4 Å². The van der Waals surface area contributed by atoms with Crippen molar-refractivity contribution in [3.05, 3.63) is 238 Å². The SMILES string of the molecule is CCCc1ccc(C(=Cc2ccc(N(c3ccc(C=C(c4ccccc4)c4ccc(CCC)cc4)cc3)c3ccc(C=CC(=O)O)cc3C)cc2)c2ccccc2)cc1. The molecule has 0 heterocycles. The first-order valence-corrected chi connectivity index (χ1v) is 20.6. The molecule has 3 heteroatoms. The van der Waals surface area contributed by atoms with Crippen LogP contribution in [0.3, 0.4) is 0 Å². The van der Waals surface area contributed by atoms with Crippen LogP contribution in [0, 0.1) is 6.92 Å². The molecule has 0 atom stereocenters. The van der Waals surface area contributed by atoms with Gasteiger partial charge in [0.25, 0.3) is 0 Å². The number of hydrogen-bond donors (Lipinski definition) is 1. The van der Waals surface area contributed by atoms with E-state index in [4.69, 9.17) is 0 Å². The number of hydrogen-bond acceptors (Lipinski definition) is 2. The summed E-state index contributed by atoms with van der Waals surface area (Å²) < 4.78 is 0. The van der Waals surface area contributed by atoms with E-state index in [2.05, 4.69) is 202 Å². The number of aryl methyl sites for hydroxylation is 3. The maximum atomic E-state index is 11.3. The van der Waals surface area contributed by atoms with Gasteiger partial charge in [-0.1, -0.05) is 166 Å². The summed E-state index contributed by atoms with van der Waals surface area (Å²) >= 11 is 0. The molecule has 0 aliphatic heterocycles. The minimum atomic E-state index is -0.968. The second-order valence-electron chi connectivity index (χ2n) is 15.0. The molecular weight excluding hydrogens is 719 g/mol. The monoisotopic (exact) mass is 769 g/mol. The third kappa shape index (κ3) is 10.3. The van der Waals surface area contributed by atoms with Gasteiger partial charge < -0.3 is 10.0 Å². The zero-order valence-electron chi connectivity index (χ0n) is 34.2. The largest absolute Gasteiger partial charge is 0.478 e. The van der Waals surface area contributed by atoms with Crippen molar-refractivity contribution in [3.8, 4) is 0 Å². The topological polar surface area (TPSA) is 40.5 Å². The van der Waals surface area contributed by atoms with Gasteiger partial charge in [0.2, 0.25) is 0 Å². The van der Waals surface area contributed by atoms with E-state index in [1.54, 1.807) is 6.08 Å². The molecule has 0 spiro atoms. The summed E-state index contributed by atoms with van der Waals surface area (Å²) in [7, 11) is 0. The predicted molar refractivity (Wildman–Crippen MR) is 250 cm³/mol. The molecule has 1 N–H and O–H groups in total. The van der Waals surface area contributed by atoms with Crippen LogP contribution in [0.4, 0.5) is 17.1 Å². The highest BCUT2D eigenvalue weighted by molar-refractivity contribution is 5.93. The molecule has 0 aromatic heterocycles. The van der Waals surface area contributed by atoms with Crippen LogP contribution in [0.2, 0.25) is 0 Å². The fourth-order valence-electron chi connectivity index (χ4n) is 7.58. The molecule has 7 rings (SSSR count). The van der Waals surface area contributed by atoms with Crippen LogP contribution in [-0.4, -0.2) is 11.1 Å². The molecule has 0 amide bonds. The lowest BCUT2D eigenvalue weighted by Gasteiger charge is -2.27. The number of rotatable bonds is 15. The molecule has 0 saturated carbocycles. The Balaban J connectivity index is 1.27. The van der Waals surface area contributed by atoms with Crippen molar-refractivity contribution in [1.29, 1.82) is 0 Å². The number of aliphatic carboxylic acids is 1. The molecule has 0 fully saturated rings. The Morgan fingerprint density at radius 1 is 0.508 bits per heavy atom. The maximum Gasteiger partial charge on any atom is 0.328 e. The highest BCUT2D eigenvalue weighted by atomic mass is 16.4. The first-order chi connectivity index (χ1) is 28.9. The van der Waals surface area contributed by atoms with Gasteiger partial charge in [-0.25, -0.2) is 4.79 Å². The molecule has 7 aromatic carbocycles. The molecule has 0 aliphatic carbocycles. The lowest BCUT2D eigenvalue weighted by atomic mass is 9.94. The third-order valence-electron chi connectivity index (χ3n) is 10.6. The van der Waals surface area contributed by atoms with Gasteiger partial charge in [-0.3, -0.25) is 0 Å². The molecule has 7 aromatic rings. The van der Waals surface area contributed by atoms with Gasteiger partial charge in [-0.05, 0) is 141 Å². The van der Waals surface area contributed by atoms with E-state index in [0.29, 0.717) is 0 Å². The van der Waals surface area contributed by atoms with E-state index < -0.39 is 5.97 Å². The van der Waals surface area contributed by atoms with Crippen LogP contribution in [0.15, 0.2) is 182 Å². The van der Waals surface area contributed by atoms with Crippen molar-refractivity contribution in [2.45, 2.75) is 46.5 Å². The Morgan fingerprint density at radius 2 is 0.915 bits per heavy atom. The second-order valence-corrected chi connectivity index (χ2v) is 15.0. The number of nitrogens with zero attached hydrogens (tertiary/aromatic N) is 1. The standard InChI is InChI=1S/C56H51NO2/c1-4-12-42-18-28-49(29-19-42)53(47-14-8-6-9-15-47)39-45-22-32-51(33-23-45)57(55-36-26-44(38-41(55)3)27-37-56(58)59)52-34-24-46(25-35-52)40-54(48-16-10-7-11-17-48)50-30-20-43(13-5-2)21-31-50/h6-11,14-40H,4-5,12-13H2,1-3H3,(H,58,59). The van der Waals surface area contributed by atoms with Crippen LogP contribution < -0.4 is 4.90 Å². The van der Waals surface area contributed by atoms with Crippen molar-refractivity contribution in [2.75, 3.05) is 4.90 Å². The smallest absolute Gasteiger partial charge is 0.328 e. The summed E-state index contributed by atoms with van der Waals surface area (Å²) in [5.74, 6) is -0.968. The number of anilines is 3. The summed E-state index contributed by atoms with van der Waals surface area (Å²) in [6.07, 6.45) is 11.8. The maximum absolute atomic E-state index is 11.3. The first-order valence-electron chi connectivity index (χ1n) is 20.6. The Hall–Kier alpha value is -6.97. The van der Waals surface area contributed by atoms with E-state index in [1.165, 1.54) is 50.6 Å². The highest BCUT2D eigenvalue weighted by Crippen LogP contribution is 2.38. The quantitative estimate of drug-likeness (QED) is 0.0834. The van der Waals surface area contributed by atoms with Gasteiger partial charge in [0, 0.05) is 23.1 Å². The van der Waals surface area contributed by atoms with Gasteiger partial charge in [0.05, 0.1) is 0 Å². The minimum Gasteiger partial charge on any atom is -0.478 e. The van der Waals surface area contributed by atoms with Gasteiger partial charge in [-0.15, -0.1) is 0 Å². The zero-order valence-corrected chi connectivity index (χ0v) is 34.2. The molecule has 3 nitrogen and oxygen atoms in total. The lowest BCUT2D eigenvalue weighted by molar-refractivity contribution is -0.131. The van der Waals surface area contributed by atoms with Crippen LogP contribution in [0.1, 0.15) is 82.3 Å². The van der Waals surface area contributed by atoms with Crippen molar-refractivity contribution in [1.82, 2.24) is 0 Å². The van der Waals surface area contributed by atoms with E-state index in [0.717, 1.165) is 65.0 Å². The van der Waals surface area contributed by atoms with E-state index >= 15 is 0 Å². The van der Waals surface area contributed by atoms with Crippen LogP contribution in [0.5, 0.6) is 0 Å². The number of carboxylic acids is 1. The fraction of sp³-hybridized carbons (Fsp3) is 0.125. The zero-order chi connectivity index (χ0) is 41.0. The van der Waals surface area contributed by atoms with Crippen molar-refractivity contribution in [3.63, 3.8) is 0 Å². The van der Waals surface area contributed by atoms with Gasteiger partial charge in [-0.2, -0.15) is 0 Å². The fourth-order valence-corrected chi connectivity index (χ4v) is 7.58. The van der Waals surface area contributed by atoms with Crippen LogP contribution >= 0.6 is 0 Å². The van der Waals surface area contributed by atoms with Crippen LogP contribution in [0.25, 0.3) is 29.4 Å². The molecular formula is C56H51NO2. The molecule has 292 valence electrons. The normalized spacial score (nSPS) is 11.8. The van der Waals surface area contributed by atoms with Crippen molar-refractivity contribution < 1.29 is 9.90 Å². The lowest BCUT2D eigenvalue weighted by Crippen LogP contribution is -2.11. The summed E-state index contributed by atoms with van der Waals surface area (Å²) in [5.41, 5.74) is 16.9. The highest BCUT2D eigenvalue weighted by Gasteiger charge is 2.16. The Bertz CT molecular complexity index is 2400. The number of benzene rings is 7. The molecule has 0 saturated heterocycles. The Morgan fingerprint density at radius 3 is 1.31 bits per heavy atom. The third-order valence-corrected chi connectivity index (χ3v) is 10.6. The average molecular weight is 770 g/mol. The van der Waals surface area contributed by atoms with Gasteiger partial charge >= 0.3 is 5.97 Å². The summed E-state index contributed by atoms with van der Waals surface area (Å²) in [6, 6.07) is 62.7. The Labute approximate surface area is 350 Å². The number of carbonyl (C=O) groups is 1. The average Bonchev–Trinajstić information content (AvgIpc) is 3.27. The molecule has 0 bridgehead atoms. The predicted octanol–water partition coefficient (Wildman–Crippen LogP) is 14.6. The van der Waals surface area contributed by atoms with Gasteiger partial charge in [0.15, 0.2) is 0 Å². The van der Waals surface area contributed by atoms with Crippen molar-refractivity contribution in [2.24, 2.45) is 0 Å². The summed E-state index contributed by atoms with van der Waals surface area (Å²) in [4.78, 5) is 13.6. The summed E-state index contributed by atoms with van der Waals surface area (Å²) in [6.45, 7) is 6.51. The van der Waals surface area contributed by atoms with Gasteiger partial charge in [0.1, 0.15) is 0 Å². The molecule has 59 heavy (non-hydrogen) atoms. The molecule has 0 radical (unpaired) electrons. The van der Waals surface area contributed by atoms with E-state index in [9.17, 15) is 9.90 Å². The van der Waals surface area contributed by atoms with E-state index in [-0.39, 0.29) is 0 Å². The molecule has 0 aliphatic rings. The first kappa shape index (κ1) is 40.2. The minimum absolute atomic E-state index is 0.835.